The van der Waals surface area contributed by atoms with Gasteiger partial charge < -0.3 is 9.47 Å². The second-order valence-corrected chi connectivity index (χ2v) is 1.67. The number of terminal acetylenes is 1. The highest BCUT2D eigenvalue weighted by Crippen LogP contribution is 1.85. The highest BCUT2D eigenvalue weighted by molar-refractivity contribution is 4.91. The summed E-state index contributed by atoms with van der Waals surface area (Å²) in [6.07, 6.45) is 4.94. The van der Waals surface area contributed by atoms with Crippen molar-refractivity contribution < 1.29 is 9.47 Å². The third kappa shape index (κ3) is 5.35. The Morgan fingerprint density at radius 3 is 2.67 bits per heavy atom. The van der Waals surface area contributed by atoms with Crippen LogP contribution in [0.25, 0.3) is 0 Å². The van der Waals surface area contributed by atoms with E-state index in [1.165, 1.54) is 0 Å². The van der Waals surface area contributed by atoms with Crippen LogP contribution in [-0.4, -0.2) is 26.4 Å². The molecule has 9 heavy (non-hydrogen) atoms. The minimum atomic E-state index is -0.0971. The van der Waals surface area contributed by atoms with Crippen molar-refractivity contribution in [1.29, 1.82) is 0 Å². The van der Waals surface area contributed by atoms with Crippen LogP contribution in [0, 0.1) is 12.3 Å². The van der Waals surface area contributed by atoms with Gasteiger partial charge in [0.25, 0.3) is 0 Å². The number of rotatable bonds is 4. The summed E-state index contributed by atoms with van der Waals surface area (Å²) < 4.78 is 9.81. The lowest BCUT2D eigenvalue weighted by Crippen LogP contribution is -2.09. The molecule has 0 bridgehead atoms. The van der Waals surface area contributed by atoms with Gasteiger partial charge in [-0.2, -0.15) is 0 Å². The van der Waals surface area contributed by atoms with E-state index < -0.39 is 0 Å². The van der Waals surface area contributed by atoms with Gasteiger partial charge in [-0.3, -0.25) is 0 Å². The van der Waals surface area contributed by atoms with Gasteiger partial charge in [0.15, 0.2) is 0 Å². The smallest absolute Gasteiger partial charge is 0.115 e. The van der Waals surface area contributed by atoms with Gasteiger partial charge >= 0.3 is 0 Å². The summed E-state index contributed by atoms with van der Waals surface area (Å²) in [5, 5.41) is 0. The van der Waals surface area contributed by atoms with Crippen LogP contribution in [0.15, 0.2) is 0 Å². The van der Waals surface area contributed by atoms with E-state index in [1.54, 1.807) is 7.11 Å². The Hall–Kier alpha value is -0.520. The number of hydrogen-bond acceptors (Lipinski definition) is 2. The monoisotopic (exact) mass is 128 g/mol. The van der Waals surface area contributed by atoms with Crippen LogP contribution in [0.4, 0.5) is 0 Å². The molecule has 1 unspecified atom stereocenters. The van der Waals surface area contributed by atoms with Gasteiger partial charge in [-0.25, -0.2) is 0 Å². The van der Waals surface area contributed by atoms with E-state index in [0.717, 1.165) is 0 Å². The number of ether oxygens (including phenoxy) is 2. The quantitative estimate of drug-likeness (QED) is 0.409. The van der Waals surface area contributed by atoms with Gasteiger partial charge in [-0.05, 0) is 6.92 Å². The second-order valence-electron chi connectivity index (χ2n) is 1.67. The van der Waals surface area contributed by atoms with E-state index in [9.17, 15) is 0 Å². The van der Waals surface area contributed by atoms with Crippen LogP contribution in [-0.2, 0) is 9.47 Å². The van der Waals surface area contributed by atoms with Crippen molar-refractivity contribution in [1.82, 2.24) is 0 Å². The molecule has 0 aliphatic carbocycles. The fourth-order valence-corrected chi connectivity index (χ4v) is 0.356. The first-order valence-electron chi connectivity index (χ1n) is 2.88. The summed E-state index contributed by atoms with van der Waals surface area (Å²) in [5.74, 6) is 2.45. The molecule has 52 valence electrons. The van der Waals surface area contributed by atoms with Gasteiger partial charge in [0.2, 0.25) is 0 Å². The van der Waals surface area contributed by atoms with Crippen LogP contribution in [0.3, 0.4) is 0 Å². The Labute approximate surface area is 56.2 Å². The Morgan fingerprint density at radius 2 is 2.22 bits per heavy atom. The summed E-state index contributed by atoms with van der Waals surface area (Å²) in [4.78, 5) is 0. The highest BCUT2D eigenvalue weighted by Gasteiger charge is 1.92. The van der Waals surface area contributed by atoms with Crippen molar-refractivity contribution in [2.75, 3.05) is 20.3 Å². The first-order chi connectivity index (χ1) is 4.31. The predicted octanol–water partition coefficient (Wildman–Crippen LogP) is 0.671. The van der Waals surface area contributed by atoms with E-state index in [-0.39, 0.29) is 6.10 Å². The first-order valence-corrected chi connectivity index (χ1v) is 2.88. The van der Waals surface area contributed by atoms with Crippen LogP contribution in [0.2, 0.25) is 0 Å². The van der Waals surface area contributed by atoms with Crippen molar-refractivity contribution in [2.24, 2.45) is 0 Å². The minimum absolute atomic E-state index is 0.0971. The lowest BCUT2D eigenvalue weighted by atomic mass is 10.4. The Morgan fingerprint density at radius 1 is 1.56 bits per heavy atom. The zero-order valence-corrected chi connectivity index (χ0v) is 5.89. The average molecular weight is 128 g/mol. The third-order valence-corrected chi connectivity index (χ3v) is 0.890. The van der Waals surface area contributed by atoms with Crippen LogP contribution < -0.4 is 0 Å². The molecule has 0 aromatic rings. The molecule has 2 nitrogen and oxygen atoms in total. The van der Waals surface area contributed by atoms with Crippen LogP contribution >= 0.6 is 0 Å². The number of hydrogen-bond donors (Lipinski definition) is 0. The maximum atomic E-state index is 5.07. The summed E-state index contributed by atoms with van der Waals surface area (Å²) in [5.41, 5.74) is 0. The van der Waals surface area contributed by atoms with Gasteiger partial charge in [-0.1, -0.05) is 5.92 Å². The van der Waals surface area contributed by atoms with Crippen LogP contribution in [0.1, 0.15) is 6.92 Å². The molecule has 0 radical (unpaired) electrons. The van der Waals surface area contributed by atoms with E-state index in [1.807, 2.05) is 6.92 Å². The third-order valence-electron chi connectivity index (χ3n) is 0.890. The van der Waals surface area contributed by atoms with Crippen molar-refractivity contribution in [3.63, 3.8) is 0 Å². The molecule has 0 aliphatic rings. The molecule has 0 aliphatic heterocycles. The Kier molecular flexibility index (Phi) is 5.29. The molecule has 0 aromatic carbocycles. The zero-order chi connectivity index (χ0) is 7.11. The van der Waals surface area contributed by atoms with Gasteiger partial charge in [0.1, 0.15) is 6.10 Å². The normalized spacial score (nSPS) is 12.6. The van der Waals surface area contributed by atoms with E-state index >= 15 is 0 Å². The lowest BCUT2D eigenvalue weighted by molar-refractivity contribution is 0.0514. The van der Waals surface area contributed by atoms with E-state index in [0.29, 0.717) is 13.2 Å². The first kappa shape index (κ1) is 8.48. The highest BCUT2D eigenvalue weighted by atomic mass is 16.5. The van der Waals surface area contributed by atoms with Gasteiger partial charge in [0, 0.05) is 7.11 Å². The molecule has 1 atom stereocenters. The molecule has 0 fully saturated rings. The lowest BCUT2D eigenvalue weighted by Gasteiger charge is -2.04. The van der Waals surface area contributed by atoms with Crippen molar-refractivity contribution in [3.8, 4) is 12.3 Å². The standard InChI is InChI=1S/C7H12O2/c1-4-7(2)9-6-5-8-3/h1,7H,5-6H2,2-3H3. The zero-order valence-electron chi connectivity index (χ0n) is 5.89. The molecular formula is C7H12O2. The maximum absolute atomic E-state index is 5.07. The molecule has 0 spiro atoms. The Bertz CT molecular complexity index is 93.6. The maximum Gasteiger partial charge on any atom is 0.115 e. The topological polar surface area (TPSA) is 18.5 Å². The van der Waals surface area contributed by atoms with E-state index in [2.05, 4.69) is 5.92 Å². The summed E-state index contributed by atoms with van der Waals surface area (Å²) >= 11 is 0. The molecule has 0 rings (SSSR count). The summed E-state index contributed by atoms with van der Waals surface area (Å²) in [6.45, 7) is 3.00. The van der Waals surface area contributed by atoms with E-state index in [4.69, 9.17) is 15.9 Å². The summed E-state index contributed by atoms with van der Waals surface area (Å²) in [7, 11) is 1.63. The molecule has 2 heteroatoms. The molecular weight excluding hydrogens is 116 g/mol. The molecule has 0 aromatic heterocycles. The molecule has 0 heterocycles. The summed E-state index contributed by atoms with van der Waals surface area (Å²) in [6, 6.07) is 0. The molecule has 0 saturated carbocycles. The van der Waals surface area contributed by atoms with Gasteiger partial charge in [-0.15, -0.1) is 6.42 Å². The van der Waals surface area contributed by atoms with Crippen molar-refractivity contribution in [2.45, 2.75) is 13.0 Å². The minimum Gasteiger partial charge on any atom is -0.382 e. The Balaban J connectivity index is 2.99. The second kappa shape index (κ2) is 5.61. The molecule has 0 N–H and O–H groups in total. The molecule has 0 saturated heterocycles. The molecule has 0 amide bonds. The fraction of sp³-hybridized carbons (Fsp3) is 0.714. The van der Waals surface area contributed by atoms with Gasteiger partial charge in [0.05, 0.1) is 13.2 Å². The predicted molar refractivity (Wildman–Crippen MR) is 36.1 cm³/mol. The number of methoxy groups -OCH3 is 1. The van der Waals surface area contributed by atoms with Crippen molar-refractivity contribution >= 4 is 0 Å². The SMILES string of the molecule is C#CC(C)OCCOC. The largest absolute Gasteiger partial charge is 0.382 e. The fourth-order valence-electron chi connectivity index (χ4n) is 0.356. The van der Waals surface area contributed by atoms with Crippen molar-refractivity contribution in [3.05, 3.63) is 0 Å². The average Bonchev–Trinajstić information content (AvgIpc) is 1.89. The van der Waals surface area contributed by atoms with Crippen LogP contribution in [0.5, 0.6) is 0 Å².